The number of rotatable bonds is 7. The van der Waals surface area contributed by atoms with Gasteiger partial charge in [0.2, 0.25) is 0 Å². The van der Waals surface area contributed by atoms with Gasteiger partial charge in [-0.05, 0) is 43.4 Å². The van der Waals surface area contributed by atoms with Crippen molar-refractivity contribution in [2.75, 3.05) is 27.7 Å². The summed E-state index contributed by atoms with van der Waals surface area (Å²) in [4.78, 5) is 14.0. The fraction of sp³-hybridized carbons (Fsp3) is 0.286. The van der Waals surface area contributed by atoms with E-state index >= 15 is 0 Å². The summed E-state index contributed by atoms with van der Waals surface area (Å²) in [6.07, 6.45) is 0. The van der Waals surface area contributed by atoms with Crippen LogP contribution in [0.1, 0.15) is 17.2 Å². The van der Waals surface area contributed by atoms with Crippen molar-refractivity contribution in [3.05, 3.63) is 75.1 Å². The van der Waals surface area contributed by atoms with Crippen LogP contribution < -0.4 is 15.7 Å². The van der Waals surface area contributed by atoms with Gasteiger partial charge >= 0.3 is 5.63 Å². The Labute approximate surface area is 163 Å². The van der Waals surface area contributed by atoms with Crippen molar-refractivity contribution in [1.82, 2.24) is 10.2 Å². The van der Waals surface area contributed by atoms with Gasteiger partial charge in [0.05, 0.1) is 7.11 Å². The van der Waals surface area contributed by atoms with E-state index in [4.69, 9.17) is 20.8 Å². The fourth-order valence-corrected chi connectivity index (χ4v) is 3.40. The molecule has 142 valence electrons. The summed E-state index contributed by atoms with van der Waals surface area (Å²) >= 11 is 6.37. The van der Waals surface area contributed by atoms with E-state index in [1.807, 2.05) is 50.5 Å². The zero-order valence-electron chi connectivity index (χ0n) is 15.7. The van der Waals surface area contributed by atoms with Gasteiger partial charge in [-0.3, -0.25) is 0 Å². The van der Waals surface area contributed by atoms with Crippen LogP contribution in [0, 0.1) is 0 Å². The second-order valence-electron chi connectivity index (χ2n) is 6.58. The monoisotopic (exact) mass is 386 g/mol. The molecule has 0 bridgehead atoms. The van der Waals surface area contributed by atoms with Crippen LogP contribution >= 0.6 is 11.6 Å². The minimum Gasteiger partial charge on any atom is -0.497 e. The van der Waals surface area contributed by atoms with Crippen molar-refractivity contribution in [2.45, 2.75) is 12.6 Å². The first-order chi connectivity index (χ1) is 13.0. The zero-order chi connectivity index (χ0) is 19.4. The Morgan fingerprint density at radius 2 is 1.96 bits per heavy atom. The number of hydrogen-bond donors (Lipinski definition) is 1. The minimum atomic E-state index is -0.372. The third-order valence-corrected chi connectivity index (χ3v) is 4.92. The molecule has 0 radical (unpaired) electrons. The Hall–Kier alpha value is -2.34. The van der Waals surface area contributed by atoms with E-state index in [1.165, 1.54) is 6.07 Å². The summed E-state index contributed by atoms with van der Waals surface area (Å²) in [5, 5.41) is 5.08. The average molecular weight is 387 g/mol. The molecule has 1 N–H and O–H groups in total. The van der Waals surface area contributed by atoms with E-state index in [2.05, 4.69) is 10.2 Å². The van der Waals surface area contributed by atoms with Gasteiger partial charge in [0.25, 0.3) is 0 Å². The van der Waals surface area contributed by atoms with E-state index in [1.54, 1.807) is 13.2 Å². The lowest BCUT2D eigenvalue weighted by molar-refractivity contribution is 0.288. The van der Waals surface area contributed by atoms with Crippen molar-refractivity contribution in [3.63, 3.8) is 0 Å². The van der Waals surface area contributed by atoms with Crippen LogP contribution in [0.15, 0.2) is 57.7 Å². The van der Waals surface area contributed by atoms with Crippen molar-refractivity contribution in [3.8, 4) is 5.75 Å². The summed E-state index contributed by atoms with van der Waals surface area (Å²) in [6.45, 7) is 1.23. The average Bonchev–Trinajstić information content (AvgIpc) is 2.65. The molecule has 0 aliphatic rings. The number of methoxy groups -OCH3 is 1. The van der Waals surface area contributed by atoms with E-state index in [0.717, 1.165) is 21.5 Å². The molecule has 3 rings (SSSR count). The van der Waals surface area contributed by atoms with Crippen LogP contribution in [0.25, 0.3) is 11.0 Å². The molecule has 1 aromatic heterocycles. The number of hydrogen-bond acceptors (Lipinski definition) is 5. The van der Waals surface area contributed by atoms with Crippen molar-refractivity contribution >= 4 is 22.6 Å². The lowest BCUT2D eigenvalue weighted by Crippen LogP contribution is -2.31. The number of fused-ring (bicyclic) bond motifs is 1. The molecule has 3 aromatic rings. The highest BCUT2D eigenvalue weighted by atomic mass is 35.5. The second-order valence-corrected chi connectivity index (χ2v) is 6.99. The molecule has 2 aromatic carbocycles. The first-order valence-corrected chi connectivity index (χ1v) is 9.09. The maximum atomic E-state index is 11.9. The molecule has 0 aliphatic carbocycles. The SMILES string of the molecule is COc1ccc2c(CNC[C@H](c3ccccc3Cl)N(C)C)cc(=O)oc2c1. The van der Waals surface area contributed by atoms with Crippen LogP contribution in [0.4, 0.5) is 0 Å². The van der Waals surface area contributed by atoms with Gasteiger partial charge < -0.3 is 19.4 Å². The number of nitrogens with zero attached hydrogens (tertiary/aromatic N) is 1. The molecule has 0 unspecified atom stereocenters. The molecule has 27 heavy (non-hydrogen) atoms. The number of likely N-dealkylation sites (N-methyl/N-ethyl adjacent to an activating group) is 1. The molecule has 5 nitrogen and oxygen atoms in total. The number of halogens is 1. The summed E-state index contributed by atoms with van der Waals surface area (Å²) in [5.41, 5.74) is 2.11. The fourth-order valence-electron chi connectivity index (χ4n) is 3.14. The standard InChI is InChI=1S/C21H23ClN2O3/c1-24(2)19(17-6-4-5-7-18(17)22)13-23-12-14-10-21(25)27-20-11-15(26-3)8-9-16(14)20/h4-11,19,23H,12-13H2,1-3H3/t19-/m1/s1. The highest BCUT2D eigenvalue weighted by molar-refractivity contribution is 6.31. The summed E-state index contributed by atoms with van der Waals surface area (Å²) in [6, 6.07) is 15.0. The van der Waals surface area contributed by atoms with E-state index in [-0.39, 0.29) is 11.7 Å². The molecular formula is C21H23ClN2O3. The zero-order valence-corrected chi connectivity index (χ0v) is 16.4. The van der Waals surface area contributed by atoms with Crippen LogP contribution in [0.3, 0.4) is 0 Å². The topological polar surface area (TPSA) is 54.7 Å². The van der Waals surface area contributed by atoms with Gasteiger partial charge in [-0.1, -0.05) is 29.8 Å². The second kappa shape index (κ2) is 8.57. The lowest BCUT2D eigenvalue weighted by Gasteiger charge is -2.26. The normalized spacial score (nSPS) is 12.5. The van der Waals surface area contributed by atoms with Gasteiger partial charge in [0.15, 0.2) is 0 Å². The molecule has 1 heterocycles. The van der Waals surface area contributed by atoms with Crippen LogP contribution in [-0.4, -0.2) is 32.6 Å². The van der Waals surface area contributed by atoms with Gasteiger partial charge in [-0.2, -0.15) is 0 Å². The Balaban J connectivity index is 1.80. The highest BCUT2D eigenvalue weighted by Crippen LogP contribution is 2.26. The van der Waals surface area contributed by atoms with Crippen LogP contribution in [0.2, 0.25) is 5.02 Å². The molecular weight excluding hydrogens is 364 g/mol. The maximum absolute atomic E-state index is 11.9. The quantitative estimate of drug-likeness (QED) is 0.625. The summed E-state index contributed by atoms with van der Waals surface area (Å²) in [5.74, 6) is 0.655. The molecule has 1 atom stereocenters. The number of nitrogens with one attached hydrogen (secondary N) is 1. The van der Waals surface area contributed by atoms with Gasteiger partial charge in [0, 0.05) is 41.7 Å². The van der Waals surface area contributed by atoms with Gasteiger partial charge in [0.1, 0.15) is 11.3 Å². The van der Waals surface area contributed by atoms with Crippen LogP contribution in [0.5, 0.6) is 5.75 Å². The van der Waals surface area contributed by atoms with Crippen molar-refractivity contribution in [2.24, 2.45) is 0 Å². The molecule has 0 aliphatic heterocycles. The van der Waals surface area contributed by atoms with E-state index < -0.39 is 0 Å². The number of ether oxygens (including phenoxy) is 1. The number of benzene rings is 2. The van der Waals surface area contributed by atoms with Crippen LogP contribution in [-0.2, 0) is 6.54 Å². The Kier molecular flexibility index (Phi) is 6.16. The summed E-state index contributed by atoms with van der Waals surface area (Å²) in [7, 11) is 5.63. The Morgan fingerprint density at radius 3 is 2.67 bits per heavy atom. The maximum Gasteiger partial charge on any atom is 0.336 e. The highest BCUT2D eigenvalue weighted by Gasteiger charge is 2.17. The first-order valence-electron chi connectivity index (χ1n) is 8.72. The summed E-state index contributed by atoms with van der Waals surface area (Å²) < 4.78 is 10.5. The van der Waals surface area contributed by atoms with Gasteiger partial charge in [-0.15, -0.1) is 0 Å². The third kappa shape index (κ3) is 4.50. The van der Waals surface area contributed by atoms with Crippen molar-refractivity contribution < 1.29 is 9.15 Å². The predicted octanol–water partition coefficient (Wildman–Crippen LogP) is 3.85. The van der Waals surface area contributed by atoms with Gasteiger partial charge in [-0.25, -0.2) is 4.79 Å². The smallest absolute Gasteiger partial charge is 0.336 e. The first kappa shape index (κ1) is 19.4. The minimum absolute atomic E-state index is 0.116. The largest absolute Gasteiger partial charge is 0.497 e. The van der Waals surface area contributed by atoms with E-state index in [9.17, 15) is 4.79 Å². The molecule has 0 spiro atoms. The van der Waals surface area contributed by atoms with Crippen molar-refractivity contribution in [1.29, 1.82) is 0 Å². The Bertz CT molecular complexity index is 985. The third-order valence-electron chi connectivity index (χ3n) is 4.58. The molecule has 0 saturated heterocycles. The lowest BCUT2D eigenvalue weighted by atomic mass is 10.1. The van der Waals surface area contributed by atoms with E-state index in [0.29, 0.717) is 24.4 Å². The Morgan fingerprint density at radius 1 is 1.19 bits per heavy atom. The molecule has 6 heteroatoms. The molecule has 0 amide bonds. The molecule has 0 fully saturated rings. The molecule has 0 saturated carbocycles. The predicted molar refractivity (Wildman–Crippen MR) is 109 cm³/mol.